The molecular weight excluding hydrogens is 254 g/mol. The quantitative estimate of drug-likeness (QED) is 0.511. The SMILES string of the molecule is CC(/C=C/c1ccco1)=N/NC(=O)C[n+]1ccccc1. The number of carbonyl (C=O) groups is 1. The fourth-order valence-corrected chi connectivity index (χ4v) is 1.52. The van der Waals surface area contributed by atoms with Gasteiger partial charge in [-0.1, -0.05) is 6.07 Å². The number of allylic oxidation sites excluding steroid dienone is 1. The van der Waals surface area contributed by atoms with Crippen molar-refractivity contribution in [2.24, 2.45) is 5.10 Å². The lowest BCUT2D eigenvalue weighted by Gasteiger charge is -1.97. The van der Waals surface area contributed by atoms with Crippen molar-refractivity contribution in [1.82, 2.24) is 5.43 Å². The van der Waals surface area contributed by atoms with Gasteiger partial charge in [0.05, 0.1) is 12.0 Å². The van der Waals surface area contributed by atoms with Gasteiger partial charge in [-0.05, 0) is 31.2 Å². The van der Waals surface area contributed by atoms with Gasteiger partial charge >= 0.3 is 5.91 Å². The first-order valence-corrected chi connectivity index (χ1v) is 6.23. The highest BCUT2D eigenvalue weighted by Crippen LogP contribution is 2.02. The highest BCUT2D eigenvalue weighted by atomic mass is 16.3. The lowest BCUT2D eigenvalue weighted by atomic mass is 10.3. The van der Waals surface area contributed by atoms with E-state index in [1.807, 2.05) is 42.7 Å². The van der Waals surface area contributed by atoms with Crippen LogP contribution in [0, 0.1) is 0 Å². The zero-order valence-corrected chi connectivity index (χ0v) is 11.2. The summed E-state index contributed by atoms with van der Waals surface area (Å²) in [6, 6.07) is 9.29. The van der Waals surface area contributed by atoms with Gasteiger partial charge in [-0.25, -0.2) is 5.43 Å². The summed E-state index contributed by atoms with van der Waals surface area (Å²) in [4.78, 5) is 11.7. The smallest absolute Gasteiger partial charge is 0.305 e. The molecule has 0 aliphatic heterocycles. The number of hydrogen-bond acceptors (Lipinski definition) is 3. The maximum absolute atomic E-state index is 11.7. The van der Waals surface area contributed by atoms with E-state index in [1.54, 1.807) is 29.9 Å². The summed E-state index contributed by atoms with van der Waals surface area (Å²) in [6.07, 6.45) is 8.82. The molecule has 0 bridgehead atoms. The van der Waals surface area contributed by atoms with E-state index in [0.29, 0.717) is 5.71 Å². The Morgan fingerprint density at radius 1 is 1.35 bits per heavy atom. The number of nitrogens with zero attached hydrogens (tertiary/aromatic N) is 2. The number of hydrogen-bond donors (Lipinski definition) is 1. The molecule has 2 aromatic rings. The van der Waals surface area contributed by atoms with Gasteiger partial charge in [0.15, 0.2) is 12.4 Å². The lowest BCUT2D eigenvalue weighted by molar-refractivity contribution is -0.684. The average Bonchev–Trinajstić information content (AvgIpc) is 2.97. The summed E-state index contributed by atoms with van der Waals surface area (Å²) in [5.41, 5.74) is 3.20. The summed E-state index contributed by atoms with van der Waals surface area (Å²) >= 11 is 0. The molecule has 0 unspecified atom stereocenters. The molecule has 0 radical (unpaired) electrons. The second-order valence-corrected chi connectivity index (χ2v) is 4.18. The van der Waals surface area contributed by atoms with Crippen LogP contribution in [-0.2, 0) is 11.3 Å². The normalized spacial score (nSPS) is 11.8. The van der Waals surface area contributed by atoms with Gasteiger partial charge in [-0.3, -0.25) is 4.79 Å². The highest BCUT2D eigenvalue weighted by molar-refractivity contribution is 5.96. The van der Waals surface area contributed by atoms with Gasteiger partial charge < -0.3 is 4.42 Å². The third kappa shape index (κ3) is 4.53. The van der Waals surface area contributed by atoms with Crippen LogP contribution < -0.4 is 9.99 Å². The van der Waals surface area contributed by atoms with Crippen LogP contribution in [0.3, 0.4) is 0 Å². The topological polar surface area (TPSA) is 58.5 Å². The van der Waals surface area contributed by atoms with Crippen molar-refractivity contribution >= 4 is 17.7 Å². The Morgan fingerprint density at radius 2 is 2.15 bits per heavy atom. The number of amides is 1. The lowest BCUT2D eigenvalue weighted by Crippen LogP contribution is -2.41. The number of pyridine rings is 1. The molecule has 0 spiro atoms. The summed E-state index contributed by atoms with van der Waals surface area (Å²) < 4.78 is 6.93. The molecule has 1 N–H and O–H groups in total. The van der Waals surface area contributed by atoms with Crippen LogP contribution in [0.1, 0.15) is 12.7 Å². The van der Waals surface area contributed by atoms with Crippen LogP contribution in [0.4, 0.5) is 0 Å². The average molecular weight is 270 g/mol. The molecule has 102 valence electrons. The van der Waals surface area contributed by atoms with E-state index < -0.39 is 0 Å². The second kappa shape index (κ2) is 7.04. The summed E-state index contributed by atoms with van der Waals surface area (Å²) in [5.74, 6) is 0.567. The van der Waals surface area contributed by atoms with E-state index in [4.69, 9.17) is 4.42 Å². The number of hydrazone groups is 1. The summed E-state index contributed by atoms with van der Waals surface area (Å²) in [7, 11) is 0. The van der Waals surface area contributed by atoms with Gasteiger partial charge in [0.2, 0.25) is 6.54 Å². The number of furan rings is 1. The molecule has 20 heavy (non-hydrogen) atoms. The van der Waals surface area contributed by atoms with Crippen molar-refractivity contribution in [2.75, 3.05) is 0 Å². The maximum atomic E-state index is 11.7. The Labute approximate surface area is 117 Å². The minimum Gasteiger partial charge on any atom is -0.465 e. The first kappa shape index (κ1) is 13.7. The Morgan fingerprint density at radius 3 is 2.85 bits per heavy atom. The standard InChI is InChI=1S/C15H15N3O2/c1-13(7-8-14-6-5-11-20-14)16-17-15(19)12-18-9-3-2-4-10-18/h2-11H,12H2,1H3/p+1/b8-7+,16-13-. The fourth-order valence-electron chi connectivity index (χ4n) is 1.52. The van der Waals surface area contributed by atoms with Crippen LogP contribution in [0.15, 0.2) is 64.6 Å². The van der Waals surface area contributed by atoms with Crippen molar-refractivity contribution in [3.63, 3.8) is 0 Å². The predicted octanol–water partition coefficient (Wildman–Crippen LogP) is 1.77. The molecule has 0 saturated carbocycles. The van der Waals surface area contributed by atoms with Crippen molar-refractivity contribution < 1.29 is 13.8 Å². The molecule has 0 atom stereocenters. The Balaban J connectivity index is 1.84. The number of nitrogens with one attached hydrogen (secondary N) is 1. The van der Waals surface area contributed by atoms with Crippen LogP contribution in [0.5, 0.6) is 0 Å². The van der Waals surface area contributed by atoms with Gasteiger partial charge in [-0.15, -0.1) is 0 Å². The number of carbonyl (C=O) groups excluding carboxylic acids is 1. The largest absolute Gasteiger partial charge is 0.465 e. The molecule has 0 aliphatic rings. The summed E-state index contributed by atoms with van der Waals surface area (Å²) in [6.45, 7) is 2.04. The zero-order chi connectivity index (χ0) is 14.2. The van der Waals surface area contributed by atoms with Crippen LogP contribution in [0.25, 0.3) is 6.08 Å². The van der Waals surface area contributed by atoms with E-state index >= 15 is 0 Å². The molecule has 1 amide bonds. The minimum atomic E-state index is -0.174. The van der Waals surface area contributed by atoms with E-state index in [-0.39, 0.29) is 12.5 Å². The van der Waals surface area contributed by atoms with E-state index in [1.165, 1.54) is 0 Å². The molecule has 0 aliphatic carbocycles. The predicted molar refractivity (Wildman–Crippen MR) is 75.6 cm³/mol. The van der Waals surface area contributed by atoms with Crippen LogP contribution >= 0.6 is 0 Å². The third-order valence-corrected chi connectivity index (χ3v) is 2.49. The Kier molecular flexibility index (Phi) is 4.83. The van der Waals surface area contributed by atoms with Gasteiger partial charge in [0.1, 0.15) is 5.76 Å². The van der Waals surface area contributed by atoms with Crippen molar-refractivity contribution in [1.29, 1.82) is 0 Å². The molecule has 2 aromatic heterocycles. The minimum absolute atomic E-state index is 0.174. The first-order valence-electron chi connectivity index (χ1n) is 6.23. The molecule has 2 rings (SSSR count). The van der Waals surface area contributed by atoms with E-state index in [9.17, 15) is 4.79 Å². The van der Waals surface area contributed by atoms with Gasteiger partial charge in [0, 0.05) is 12.1 Å². The maximum Gasteiger partial charge on any atom is 0.305 e. The highest BCUT2D eigenvalue weighted by Gasteiger charge is 2.06. The Bertz CT molecular complexity index is 601. The van der Waals surface area contributed by atoms with Crippen molar-refractivity contribution in [3.05, 3.63) is 60.8 Å². The molecule has 0 aromatic carbocycles. The zero-order valence-electron chi connectivity index (χ0n) is 11.2. The molecule has 5 nitrogen and oxygen atoms in total. The molecule has 2 heterocycles. The third-order valence-electron chi connectivity index (χ3n) is 2.49. The monoisotopic (exact) mass is 270 g/mol. The van der Waals surface area contributed by atoms with Crippen LogP contribution in [0.2, 0.25) is 0 Å². The van der Waals surface area contributed by atoms with Crippen LogP contribution in [-0.4, -0.2) is 11.6 Å². The van der Waals surface area contributed by atoms with E-state index in [0.717, 1.165) is 5.76 Å². The molecule has 0 fully saturated rings. The molecule has 0 saturated heterocycles. The summed E-state index contributed by atoms with van der Waals surface area (Å²) in [5, 5.41) is 3.99. The Hall–Kier alpha value is -2.69. The molecule has 5 heteroatoms. The number of rotatable bonds is 5. The van der Waals surface area contributed by atoms with Crippen molar-refractivity contribution in [3.8, 4) is 0 Å². The fraction of sp³-hybridized carbons (Fsp3) is 0.133. The first-order chi connectivity index (χ1) is 9.74. The molecular formula is C15H16N3O2+. The number of aromatic nitrogens is 1. The van der Waals surface area contributed by atoms with E-state index in [2.05, 4.69) is 10.5 Å². The van der Waals surface area contributed by atoms with Gasteiger partial charge in [-0.2, -0.15) is 9.67 Å². The van der Waals surface area contributed by atoms with Gasteiger partial charge in [0.25, 0.3) is 0 Å². The van der Waals surface area contributed by atoms with Crippen molar-refractivity contribution in [2.45, 2.75) is 13.5 Å². The second-order valence-electron chi connectivity index (χ2n) is 4.18.